The highest BCUT2D eigenvalue weighted by atomic mass is 32.2. The summed E-state index contributed by atoms with van der Waals surface area (Å²) in [5.74, 6) is 0. The number of nitrogens with two attached hydrogens (primary N) is 1. The molecule has 0 amide bonds. The second-order valence-corrected chi connectivity index (χ2v) is 8.21. The molecule has 6 nitrogen and oxygen atoms in total. The van der Waals surface area contributed by atoms with Gasteiger partial charge < -0.3 is 4.90 Å². The predicted molar refractivity (Wildman–Crippen MR) is 101 cm³/mol. The largest absolute Gasteiger partial charge is 0.364 e. The van der Waals surface area contributed by atoms with Crippen LogP contribution in [0.4, 0.5) is 5.69 Å². The number of hydrogen-bond acceptors (Lipinski definition) is 4. The Hall–Kier alpha value is -2.64. The Morgan fingerprint density at radius 2 is 1.96 bits per heavy atom. The van der Waals surface area contributed by atoms with Crippen LogP contribution in [-0.2, 0) is 23.0 Å². The van der Waals surface area contributed by atoms with Crippen molar-refractivity contribution in [3.8, 4) is 5.69 Å². The van der Waals surface area contributed by atoms with Crippen LogP contribution < -0.4 is 10.0 Å². The first-order valence-electron chi connectivity index (χ1n) is 8.43. The first-order valence-corrected chi connectivity index (χ1v) is 9.98. The number of sulfonamides is 1. The van der Waals surface area contributed by atoms with Crippen molar-refractivity contribution in [1.29, 1.82) is 0 Å². The van der Waals surface area contributed by atoms with Crippen molar-refractivity contribution in [3.05, 3.63) is 72.1 Å². The zero-order chi connectivity index (χ0) is 18.3. The molecule has 0 unspecified atom stereocenters. The lowest BCUT2D eigenvalue weighted by Gasteiger charge is -2.24. The van der Waals surface area contributed by atoms with Gasteiger partial charge in [-0.15, -0.1) is 0 Å². The minimum absolute atomic E-state index is 0.169. The Bertz CT molecular complexity index is 1040. The van der Waals surface area contributed by atoms with Crippen molar-refractivity contribution in [3.63, 3.8) is 0 Å². The number of rotatable bonds is 4. The average molecular weight is 368 g/mol. The van der Waals surface area contributed by atoms with Crippen LogP contribution in [0.25, 0.3) is 5.69 Å². The highest BCUT2D eigenvalue weighted by Crippen LogP contribution is 2.34. The molecule has 1 atom stereocenters. The number of fused-ring (bicyclic) bond motifs is 1. The highest BCUT2D eigenvalue weighted by Gasteiger charge is 2.27. The number of primary sulfonamides is 1. The molecular formula is C19H20N4O2S. The SMILES string of the molecule is C[C@H]1Cc2cc(S(N)(=O)=O)ccc2N1Cc1cnn(-c2ccccc2)c1. The van der Waals surface area contributed by atoms with E-state index in [9.17, 15) is 8.42 Å². The van der Waals surface area contributed by atoms with Crippen LogP contribution in [0.15, 0.2) is 65.8 Å². The van der Waals surface area contributed by atoms with E-state index in [0.717, 1.165) is 35.5 Å². The van der Waals surface area contributed by atoms with Crippen LogP contribution in [0.1, 0.15) is 18.1 Å². The molecule has 2 heterocycles. The topological polar surface area (TPSA) is 81.2 Å². The van der Waals surface area contributed by atoms with Crippen molar-refractivity contribution in [2.45, 2.75) is 30.8 Å². The molecule has 0 radical (unpaired) electrons. The number of hydrogen-bond donors (Lipinski definition) is 1. The maximum Gasteiger partial charge on any atom is 0.238 e. The van der Waals surface area contributed by atoms with Gasteiger partial charge in [0.05, 0.1) is 16.8 Å². The van der Waals surface area contributed by atoms with E-state index >= 15 is 0 Å². The summed E-state index contributed by atoms with van der Waals surface area (Å²) in [4.78, 5) is 2.44. The molecule has 2 N–H and O–H groups in total. The molecule has 0 saturated carbocycles. The van der Waals surface area contributed by atoms with Gasteiger partial charge in [0, 0.05) is 30.0 Å². The van der Waals surface area contributed by atoms with Crippen molar-refractivity contribution < 1.29 is 8.42 Å². The van der Waals surface area contributed by atoms with E-state index < -0.39 is 10.0 Å². The van der Waals surface area contributed by atoms with Gasteiger partial charge in [0.1, 0.15) is 0 Å². The molecule has 1 aliphatic rings. The summed E-state index contributed by atoms with van der Waals surface area (Å²) in [7, 11) is -3.68. The van der Waals surface area contributed by atoms with Gasteiger partial charge >= 0.3 is 0 Å². The van der Waals surface area contributed by atoms with Gasteiger partial charge in [0.15, 0.2) is 0 Å². The maximum atomic E-state index is 11.6. The lowest BCUT2D eigenvalue weighted by Crippen LogP contribution is -2.28. The quantitative estimate of drug-likeness (QED) is 0.767. The number of para-hydroxylation sites is 1. The summed E-state index contributed by atoms with van der Waals surface area (Å²) >= 11 is 0. The highest BCUT2D eigenvalue weighted by molar-refractivity contribution is 7.89. The summed E-state index contributed by atoms with van der Waals surface area (Å²) in [5.41, 5.74) is 4.19. The predicted octanol–water partition coefficient (Wildman–Crippen LogP) is 2.47. The monoisotopic (exact) mass is 368 g/mol. The molecule has 0 saturated heterocycles. The first kappa shape index (κ1) is 16.8. The molecule has 0 fully saturated rings. The smallest absolute Gasteiger partial charge is 0.238 e. The minimum Gasteiger partial charge on any atom is -0.364 e. The molecule has 1 aliphatic heterocycles. The van der Waals surface area contributed by atoms with Crippen LogP contribution in [0.2, 0.25) is 0 Å². The van der Waals surface area contributed by atoms with Gasteiger partial charge in [0.25, 0.3) is 0 Å². The molecule has 7 heteroatoms. The lowest BCUT2D eigenvalue weighted by molar-refractivity contribution is 0.597. The van der Waals surface area contributed by atoms with Gasteiger partial charge in [-0.3, -0.25) is 0 Å². The molecule has 0 aliphatic carbocycles. The standard InChI is InChI=1S/C19H20N4O2S/c1-14-9-16-10-18(26(20,24)25)7-8-19(16)22(14)12-15-11-21-23(13-15)17-5-3-2-4-6-17/h2-8,10-11,13-14H,9,12H2,1H3,(H2,20,24,25)/t14-/m0/s1. The molecular weight excluding hydrogens is 348 g/mol. The molecule has 134 valence electrons. The maximum absolute atomic E-state index is 11.6. The number of benzene rings is 2. The van der Waals surface area contributed by atoms with Crippen LogP contribution in [0.3, 0.4) is 0 Å². The van der Waals surface area contributed by atoms with Crippen LogP contribution >= 0.6 is 0 Å². The van der Waals surface area contributed by atoms with Crippen LogP contribution in [-0.4, -0.2) is 24.2 Å². The normalized spacial score (nSPS) is 16.7. The Kier molecular flexibility index (Phi) is 4.05. The Morgan fingerprint density at radius 1 is 1.19 bits per heavy atom. The minimum atomic E-state index is -3.68. The third-order valence-electron chi connectivity index (χ3n) is 4.75. The molecule has 0 spiro atoms. The zero-order valence-electron chi connectivity index (χ0n) is 14.4. The second kappa shape index (κ2) is 6.26. The van der Waals surface area contributed by atoms with Crippen molar-refractivity contribution >= 4 is 15.7 Å². The van der Waals surface area contributed by atoms with E-state index in [4.69, 9.17) is 5.14 Å². The van der Waals surface area contributed by atoms with Crippen molar-refractivity contribution in [2.75, 3.05) is 4.90 Å². The third-order valence-corrected chi connectivity index (χ3v) is 5.66. The number of aromatic nitrogens is 2. The van der Waals surface area contributed by atoms with Crippen LogP contribution in [0.5, 0.6) is 0 Å². The third kappa shape index (κ3) is 3.11. The first-order chi connectivity index (χ1) is 12.4. The fraction of sp³-hybridized carbons (Fsp3) is 0.211. The summed E-state index contributed by atoms with van der Waals surface area (Å²) in [5, 5.41) is 9.70. The molecule has 2 aromatic carbocycles. The summed E-state index contributed by atoms with van der Waals surface area (Å²) in [6.45, 7) is 2.86. The van der Waals surface area contributed by atoms with Gasteiger partial charge in [-0.2, -0.15) is 5.10 Å². The fourth-order valence-electron chi connectivity index (χ4n) is 3.45. The molecule has 3 aromatic rings. The van der Waals surface area contributed by atoms with Gasteiger partial charge in [-0.1, -0.05) is 18.2 Å². The van der Waals surface area contributed by atoms with Crippen molar-refractivity contribution in [2.24, 2.45) is 5.14 Å². The Labute approximate surface area is 152 Å². The molecule has 0 bridgehead atoms. The van der Waals surface area contributed by atoms with E-state index in [1.165, 1.54) is 0 Å². The average Bonchev–Trinajstić information content (AvgIpc) is 3.20. The Morgan fingerprint density at radius 3 is 2.69 bits per heavy atom. The molecule has 1 aromatic heterocycles. The van der Waals surface area contributed by atoms with E-state index in [1.807, 2.05) is 53.5 Å². The summed E-state index contributed by atoms with van der Waals surface area (Å²) in [6.07, 6.45) is 4.70. The second-order valence-electron chi connectivity index (χ2n) is 6.65. The summed E-state index contributed by atoms with van der Waals surface area (Å²) < 4.78 is 25.0. The summed E-state index contributed by atoms with van der Waals surface area (Å²) in [6, 6.07) is 15.4. The number of anilines is 1. The van der Waals surface area contributed by atoms with E-state index in [1.54, 1.807) is 12.1 Å². The number of nitrogens with zero attached hydrogens (tertiary/aromatic N) is 3. The molecule has 4 rings (SSSR count). The molecule has 26 heavy (non-hydrogen) atoms. The van der Waals surface area contributed by atoms with Crippen LogP contribution in [0, 0.1) is 0 Å². The van der Waals surface area contributed by atoms with Gasteiger partial charge in [0.2, 0.25) is 10.0 Å². The van der Waals surface area contributed by atoms with Gasteiger partial charge in [-0.05, 0) is 49.2 Å². The van der Waals surface area contributed by atoms with E-state index in [2.05, 4.69) is 16.9 Å². The Balaban J connectivity index is 1.60. The fourth-order valence-corrected chi connectivity index (χ4v) is 4.01. The lowest BCUT2D eigenvalue weighted by atomic mass is 10.1. The van der Waals surface area contributed by atoms with E-state index in [-0.39, 0.29) is 10.9 Å². The van der Waals surface area contributed by atoms with Gasteiger partial charge in [-0.25, -0.2) is 18.2 Å². The zero-order valence-corrected chi connectivity index (χ0v) is 15.2. The van der Waals surface area contributed by atoms with Crippen molar-refractivity contribution in [1.82, 2.24) is 9.78 Å². The van der Waals surface area contributed by atoms with E-state index in [0.29, 0.717) is 0 Å².